The molecule has 0 bridgehead atoms. The monoisotopic (exact) mass is 265 g/mol. The summed E-state index contributed by atoms with van der Waals surface area (Å²) in [6.45, 7) is 4.19. The van der Waals surface area contributed by atoms with E-state index in [0.717, 1.165) is 30.6 Å². The number of carbonyl (C=O) groups is 1. The molecular weight excluding hydrogens is 250 g/mol. The lowest BCUT2D eigenvalue weighted by Crippen LogP contribution is -2.64. The van der Waals surface area contributed by atoms with Crippen LogP contribution in [0.1, 0.15) is 38.7 Å². The predicted molar refractivity (Wildman–Crippen MR) is 70.0 cm³/mol. The molecule has 0 radical (unpaired) electrons. The molecule has 5 heteroatoms. The lowest BCUT2D eigenvalue weighted by atomic mass is 9.68. The second-order valence-corrected chi connectivity index (χ2v) is 5.77. The normalized spacial score (nSPS) is 21.1. The lowest BCUT2D eigenvalue weighted by molar-refractivity contribution is -0.127. The molecule has 1 saturated carbocycles. The van der Waals surface area contributed by atoms with E-state index in [1.54, 1.807) is 6.20 Å². The maximum Gasteiger partial charge on any atom is 0.224 e. The average molecular weight is 266 g/mol. The van der Waals surface area contributed by atoms with Crippen LogP contribution in [0, 0.1) is 0 Å². The first-order chi connectivity index (χ1) is 8.54. The molecule has 0 unspecified atom stereocenters. The Morgan fingerprint density at radius 1 is 1.44 bits per heavy atom. The zero-order valence-electron chi connectivity index (χ0n) is 10.6. The highest BCUT2D eigenvalue weighted by Gasteiger charge is 2.53. The van der Waals surface area contributed by atoms with Crippen molar-refractivity contribution in [2.24, 2.45) is 0 Å². The van der Waals surface area contributed by atoms with Gasteiger partial charge in [0.1, 0.15) is 11.4 Å². The molecule has 1 aliphatic carbocycles. The Hall–Kier alpha value is -1.16. The molecule has 3 rings (SSSR count). The van der Waals surface area contributed by atoms with Crippen LogP contribution in [0.15, 0.2) is 6.20 Å². The number of halogens is 1. The van der Waals surface area contributed by atoms with Crippen molar-refractivity contribution in [3.8, 4) is 0 Å². The molecule has 1 spiro atoms. The maximum atomic E-state index is 12.4. The molecule has 0 saturated heterocycles. The molecule has 2 heterocycles. The van der Waals surface area contributed by atoms with E-state index in [4.69, 9.17) is 11.6 Å². The van der Waals surface area contributed by atoms with Gasteiger partial charge in [-0.2, -0.15) is 0 Å². The molecule has 96 valence electrons. The fraction of sp³-hybridized carbons (Fsp3) is 0.615. The summed E-state index contributed by atoms with van der Waals surface area (Å²) in [4.78, 5) is 22.9. The minimum absolute atomic E-state index is 0.235. The van der Waals surface area contributed by atoms with Crippen LogP contribution in [0.25, 0.3) is 0 Å². The van der Waals surface area contributed by atoms with Crippen LogP contribution in [-0.2, 0) is 11.2 Å². The largest absolute Gasteiger partial charge is 0.341 e. The van der Waals surface area contributed by atoms with Gasteiger partial charge in [-0.1, -0.05) is 0 Å². The van der Waals surface area contributed by atoms with Gasteiger partial charge in [0, 0.05) is 24.2 Å². The third kappa shape index (κ3) is 1.48. The molecule has 18 heavy (non-hydrogen) atoms. The van der Waals surface area contributed by atoms with Crippen LogP contribution in [0.2, 0.25) is 5.28 Å². The minimum atomic E-state index is -0.321. The van der Waals surface area contributed by atoms with Crippen LogP contribution in [0.3, 0.4) is 0 Å². The molecule has 1 aromatic heterocycles. The number of hydrogen-bond donors (Lipinski definition) is 0. The fourth-order valence-electron chi connectivity index (χ4n) is 3.16. The standard InChI is InChI=1S/C13H16ClN3O/c1-8(2)17-11-9(7-15-12(14)16-11)6-10(18)13(17)4-3-5-13/h7-8H,3-6H2,1-2H3. The number of nitrogens with zero attached hydrogens (tertiary/aromatic N) is 3. The summed E-state index contributed by atoms with van der Waals surface area (Å²) in [7, 11) is 0. The summed E-state index contributed by atoms with van der Waals surface area (Å²) < 4.78 is 0. The van der Waals surface area contributed by atoms with Crippen molar-refractivity contribution in [1.82, 2.24) is 9.97 Å². The number of rotatable bonds is 1. The van der Waals surface area contributed by atoms with E-state index < -0.39 is 0 Å². The zero-order valence-corrected chi connectivity index (χ0v) is 11.4. The third-order valence-corrected chi connectivity index (χ3v) is 4.25. The number of ketones is 1. The van der Waals surface area contributed by atoms with Gasteiger partial charge in [-0.15, -0.1) is 0 Å². The van der Waals surface area contributed by atoms with Crippen molar-refractivity contribution >= 4 is 23.2 Å². The van der Waals surface area contributed by atoms with Crippen molar-refractivity contribution in [2.45, 2.75) is 51.1 Å². The molecule has 4 nitrogen and oxygen atoms in total. The van der Waals surface area contributed by atoms with Crippen molar-refractivity contribution in [3.63, 3.8) is 0 Å². The summed E-state index contributed by atoms with van der Waals surface area (Å²) in [5, 5.41) is 0.253. The number of fused-ring (bicyclic) bond motifs is 1. The summed E-state index contributed by atoms with van der Waals surface area (Å²) in [5.74, 6) is 1.16. The Kier molecular flexibility index (Phi) is 2.59. The van der Waals surface area contributed by atoms with E-state index in [-0.39, 0.29) is 16.9 Å². The second-order valence-electron chi connectivity index (χ2n) is 5.44. The predicted octanol–water partition coefficient (Wildman–Crippen LogP) is 2.39. The first-order valence-electron chi connectivity index (χ1n) is 6.39. The van der Waals surface area contributed by atoms with E-state index in [1.807, 2.05) is 0 Å². The fourth-order valence-corrected chi connectivity index (χ4v) is 3.28. The topological polar surface area (TPSA) is 46.1 Å². The number of aromatic nitrogens is 2. The molecule has 0 amide bonds. The number of carbonyl (C=O) groups excluding carboxylic acids is 1. The first kappa shape index (κ1) is 11.9. The molecular formula is C13H16ClN3O. The van der Waals surface area contributed by atoms with Crippen LogP contribution in [-0.4, -0.2) is 27.3 Å². The molecule has 0 N–H and O–H groups in total. The molecule has 1 fully saturated rings. The van der Waals surface area contributed by atoms with Crippen molar-refractivity contribution in [3.05, 3.63) is 17.0 Å². The summed E-state index contributed by atoms with van der Waals surface area (Å²) >= 11 is 5.90. The van der Waals surface area contributed by atoms with Gasteiger partial charge >= 0.3 is 0 Å². The van der Waals surface area contributed by atoms with Gasteiger partial charge in [-0.25, -0.2) is 9.97 Å². The summed E-state index contributed by atoms with van der Waals surface area (Å²) in [5.41, 5.74) is 0.578. The Bertz CT molecular complexity index is 511. The smallest absolute Gasteiger partial charge is 0.224 e. The Balaban J connectivity index is 2.16. The Morgan fingerprint density at radius 3 is 2.72 bits per heavy atom. The van der Waals surface area contributed by atoms with E-state index >= 15 is 0 Å². The maximum absolute atomic E-state index is 12.4. The van der Waals surface area contributed by atoms with E-state index in [2.05, 4.69) is 28.7 Å². The van der Waals surface area contributed by atoms with E-state index in [1.165, 1.54) is 0 Å². The quantitative estimate of drug-likeness (QED) is 0.732. The van der Waals surface area contributed by atoms with Gasteiger partial charge in [-0.3, -0.25) is 4.79 Å². The minimum Gasteiger partial charge on any atom is -0.341 e. The SMILES string of the molecule is CC(C)N1c2nc(Cl)ncc2CC(=O)C12CCC2. The molecule has 1 aromatic rings. The third-order valence-electron chi connectivity index (χ3n) is 4.07. The van der Waals surface area contributed by atoms with Gasteiger partial charge < -0.3 is 4.90 Å². The number of Topliss-reactive ketones (excluding diaryl/α,β-unsaturated/α-hetero) is 1. The number of hydrogen-bond acceptors (Lipinski definition) is 4. The molecule has 0 atom stereocenters. The highest BCUT2D eigenvalue weighted by molar-refractivity contribution is 6.28. The van der Waals surface area contributed by atoms with Gasteiger partial charge in [0.05, 0.1) is 0 Å². The van der Waals surface area contributed by atoms with Gasteiger partial charge in [-0.05, 0) is 44.7 Å². The molecule has 1 aliphatic heterocycles. The lowest BCUT2D eigenvalue weighted by Gasteiger charge is -2.54. The van der Waals surface area contributed by atoms with Crippen molar-refractivity contribution < 1.29 is 4.79 Å². The number of anilines is 1. The van der Waals surface area contributed by atoms with E-state index in [9.17, 15) is 4.79 Å². The Morgan fingerprint density at radius 2 is 2.17 bits per heavy atom. The van der Waals surface area contributed by atoms with Gasteiger partial charge in [0.25, 0.3) is 0 Å². The molecule has 0 aromatic carbocycles. The highest BCUT2D eigenvalue weighted by atomic mass is 35.5. The van der Waals surface area contributed by atoms with Crippen molar-refractivity contribution in [1.29, 1.82) is 0 Å². The molecule has 2 aliphatic rings. The van der Waals surface area contributed by atoms with Crippen LogP contribution in [0.5, 0.6) is 0 Å². The average Bonchev–Trinajstić information content (AvgIpc) is 2.25. The van der Waals surface area contributed by atoms with Crippen LogP contribution >= 0.6 is 11.6 Å². The van der Waals surface area contributed by atoms with E-state index in [0.29, 0.717) is 12.2 Å². The summed E-state index contributed by atoms with van der Waals surface area (Å²) in [6, 6.07) is 0.235. The van der Waals surface area contributed by atoms with Gasteiger partial charge in [0.15, 0.2) is 5.78 Å². The zero-order chi connectivity index (χ0) is 12.9. The highest BCUT2D eigenvalue weighted by Crippen LogP contribution is 2.46. The Labute approximate surface area is 111 Å². The van der Waals surface area contributed by atoms with Crippen LogP contribution < -0.4 is 4.90 Å². The van der Waals surface area contributed by atoms with Gasteiger partial charge in [0.2, 0.25) is 5.28 Å². The second kappa shape index (κ2) is 3.92. The van der Waals surface area contributed by atoms with Crippen LogP contribution in [0.4, 0.5) is 5.82 Å². The summed E-state index contributed by atoms with van der Waals surface area (Å²) in [6.07, 6.45) is 5.11. The first-order valence-corrected chi connectivity index (χ1v) is 6.76. The van der Waals surface area contributed by atoms with Crippen molar-refractivity contribution in [2.75, 3.05) is 4.90 Å².